The van der Waals surface area contributed by atoms with E-state index >= 15 is 0 Å². The number of rotatable bonds is 9. The Kier molecular flexibility index (Phi) is 8.42. The van der Waals surface area contributed by atoms with Gasteiger partial charge in [0.15, 0.2) is 0 Å². The van der Waals surface area contributed by atoms with Crippen molar-refractivity contribution in [3.05, 3.63) is 42.5 Å². The largest absolute Gasteiger partial charge is 0.497 e. The van der Waals surface area contributed by atoms with Crippen molar-refractivity contribution in [2.45, 2.75) is 13.3 Å². The van der Waals surface area contributed by atoms with E-state index in [1.807, 2.05) is 18.2 Å². The highest BCUT2D eigenvalue weighted by Gasteiger charge is 2.10. The SMILES string of the molecule is CCN(CCCl)CCCNc1c2ccccc2nc2ccc(OC)cc12.Cl. The number of pyridine rings is 1. The van der Waals surface area contributed by atoms with Crippen molar-refractivity contribution in [1.82, 2.24) is 9.88 Å². The summed E-state index contributed by atoms with van der Waals surface area (Å²) < 4.78 is 5.41. The molecule has 1 aromatic heterocycles. The van der Waals surface area contributed by atoms with E-state index in [0.29, 0.717) is 5.88 Å². The normalized spacial score (nSPS) is 11.0. The van der Waals surface area contributed by atoms with E-state index in [1.165, 1.54) is 0 Å². The van der Waals surface area contributed by atoms with Crippen molar-refractivity contribution in [1.29, 1.82) is 0 Å². The lowest BCUT2D eigenvalue weighted by Gasteiger charge is -2.19. The third kappa shape index (κ3) is 5.16. The van der Waals surface area contributed by atoms with Gasteiger partial charge in [0.2, 0.25) is 0 Å². The number of fused-ring (bicyclic) bond motifs is 2. The molecule has 0 spiro atoms. The van der Waals surface area contributed by atoms with Crippen LogP contribution in [0.3, 0.4) is 0 Å². The first-order valence-electron chi connectivity index (χ1n) is 9.15. The highest BCUT2D eigenvalue weighted by Crippen LogP contribution is 2.32. The number of ether oxygens (including phenoxy) is 1. The molecule has 146 valence electrons. The molecule has 2 aromatic carbocycles. The average molecular weight is 408 g/mol. The number of para-hydroxylation sites is 1. The third-order valence-electron chi connectivity index (χ3n) is 4.69. The van der Waals surface area contributed by atoms with Crippen LogP contribution in [0.2, 0.25) is 0 Å². The Morgan fingerprint density at radius 1 is 1.07 bits per heavy atom. The lowest BCUT2D eigenvalue weighted by molar-refractivity contribution is 0.304. The third-order valence-corrected chi connectivity index (χ3v) is 4.86. The Morgan fingerprint density at radius 3 is 2.59 bits per heavy atom. The zero-order valence-electron chi connectivity index (χ0n) is 15.9. The van der Waals surface area contributed by atoms with Crippen molar-refractivity contribution in [3.63, 3.8) is 0 Å². The molecular formula is C21H27Cl2N3O. The van der Waals surface area contributed by atoms with Crippen molar-refractivity contribution in [3.8, 4) is 5.75 Å². The van der Waals surface area contributed by atoms with Gasteiger partial charge < -0.3 is 15.0 Å². The summed E-state index contributed by atoms with van der Waals surface area (Å²) in [5, 5.41) is 5.88. The maximum absolute atomic E-state index is 5.87. The highest BCUT2D eigenvalue weighted by molar-refractivity contribution is 6.18. The maximum Gasteiger partial charge on any atom is 0.119 e. The van der Waals surface area contributed by atoms with Gasteiger partial charge in [0.05, 0.1) is 23.8 Å². The summed E-state index contributed by atoms with van der Waals surface area (Å²) in [7, 11) is 1.69. The van der Waals surface area contributed by atoms with Crippen LogP contribution < -0.4 is 10.1 Å². The summed E-state index contributed by atoms with van der Waals surface area (Å²) in [4.78, 5) is 7.16. The Labute approximate surface area is 172 Å². The molecule has 1 N–H and O–H groups in total. The predicted molar refractivity (Wildman–Crippen MR) is 119 cm³/mol. The first kappa shape index (κ1) is 21.5. The van der Waals surface area contributed by atoms with Gasteiger partial charge in [0.1, 0.15) is 5.75 Å². The summed E-state index contributed by atoms with van der Waals surface area (Å²) >= 11 is 5.87. The van der Waals surface area contributed by atoms with Crippen molar-refractivity contribution < 1.29 is 4.74 Å². The van der Waals surface area contributed by atoms with Gasteiger partial charge in [-0.3, -0.25) is 0 Å². The zero-order chi connectivity index (χ0) is 18.4. The second-order valence-corrected chi connectivity index (χ2v) is 6.67. The van der Waals surface area contributed by atoms with Gasteiger partial charge in [-0.2, -0.15) is 0 Å². The summed E-state index contributed by atoms with van der Waals surface area (Å²) in [6.45, 7) is 6.09. The van der Waals surface area contributed by atoms with E-state index in [9.17, 15) is 0 Å². The number of nitrogens with one attached hydrogen (secondary N) is 1. The molecule has 0 unspecified atom stereocenters. The van der Waals surface area contributed by atoms with Crippen LogP contribution in [0.25, 0.3) is 21.8 Å². The van der Waals surface area contributed by atoms with Crippen LogP contribution in [-0.2, 0) is 0 Å². The van der Waals surface area contributed by atoms with E-state index < -0.39 is 0 Å². The average Bonchev–Trinajstić information content (AvgIpc) is 2.69. The Bertz CT molecular complexity index is 873. The first-order valence-corrected chi connectivity index (χ1v) is 9.69. The molecule has 6 heteroatoms. The van der Waals surface area contributed by atoms with Crippen LogP contribution in [0, 0.1) is 0 Å². The van der Waals surface area contributed by atoms with Crippen LogP contribution in [-0.4, -0.2) is 49.1 Å². The molecule has 4 nitrogen and oxygen atoms in total. The second-order valence-electron chi connectivity index (χ2n) is 6.29. The standard InChI is InChI=1S/C21H26ClN3O.ClH/c1-3-25(14-11-22)13-6-12-23-21-17-7-4-5-8-19(17)24-20-10-9-16(26-2)15-18(20)21;/h4-5,7-10,15H,3,6,11-14H2,1-2H3,(H,23,24);1H. The number of hydrogen-bond donors (Lipinski definition) is 1. The van der Waals surface area contributed by atoms with Crippen molar-refractivity contribution in [2.24, 2.45) is 0 Å². The summed E-state index contributed by atoms with van der Waals surface area (Å²) in [5.41, 5.74) is 3.11. The van der Waals surface area contributed by atoms with Gasteiger partial charge in [-0.15, -0.1) is 24.0 Å². The molecule has 0 saturated heterocycles. The lowest BCUT2D eigenvalue weighted by Crippen LogP contribution is -2.27. The number of halogens is 2. The molecule has 0 radical (unpaired) electrons. The summed E-state index contributed by atoms with van der Waals surface area (Å²) in [6.07, 6.45) is 1.06. The second kappa shape index (κ2) is 10.5. The van der Waals surface area contributed by atoms with E-state index in [0.717, 1.165) is 65.8 Å². The van der Waals surface area contributed by atoms with Gasteiger partial charge in [-0.1, -0.05) is 25.1 Å². The van der Waals surface area contributed by atoms with Crippen LogP contribution in [0.5, 0.6) is 5.75 Å². The minimum absolute atomic E-state index is 0. The van der Waals surface area contributed by atoms with Crippen LogP contribution >= 0.6 is 24.0 Å². The Hall–Kier alpha value is -1.75. The summed E-state index contributed by atoms with van der Waals surface area (Å²) in [6, 6.07) is 14.3. The van der Waals surface area contributed by atoms with Crippen LogP contribution in [0.4, 0.5) is 5.69 Å². The lowest BCUT2D eigenvalue weighted by atomic mass is 10.1. The molecule has 0 bridgehead atoms. The first-order chi connectivity index (χ1) is 12.8. The molecule has 0 saturated carbocycles. The Morgan fingerprint density at radius 2 is 1.85 bits per heavy atom. The fourth-order valence-electron chi connectivity index (χ4n) is 3.25. The van der Waals surface area contributed by atoms with E-state index in [-0.39, 0.29) is 12.4 Å². The van der Waals surface area contributed by atoms with E-state index in [1.54, 1.807) is 7.11 Å². The van der Waals surface area contributed by atoms with E-state index in [4.69, 9.17) is 21.3 Å². The minimum Gasteiger partial charge on any atom is -0.497 e. The molecule has 1 heterocycles. The molecule has 3 rings (SSSR count). The Balaban J connectivity index is 0.00000261. The molecule has 0 amide bonds. The van der Waals surface area contributed by atoms with Gasteiger partial charge in [0, 0.05) is 29.7 Å². The highest BCUT2D eigenvalue weighted by atomic mass is 35.5. The molecule has 0 fully saturated rings. The fourth-order valence-corrected chi connectivity index (χ4v) is 3.49. The van der Waals surface area contributed by atoms with Gasteiger partial charge in [-0.25, -0.2) is 4.98 Å². The smallest absolute Gasteiger partial charge is 0.119 e. The number of methoxy groups -OCH3 is 1. The van der Waals surface area contributed by atoms with Gasteiger partial charge >= 0.3 is 0 Å². The molecule has 3 aromatic rings. The number of nitrogens with zero attached hydrogens (tertiary/aromatic N) is 2. The number of anilines is 1. The molecule has 0 aliphatic rings. The van der Waals surface area contributed by atoms with Crippen LogP contribution in [0.15, 0.2) is 42.5 Å². The van der Waals surface area contributed by atoms with E-state index in [2.05, 4.69) is 41.4 Å². The molecule has 27 heavy (non-hydrogen) atoms. The topological polar surface area (TPSA) is 37.4 Å². The maximum atomic E-state index is 5.87. The molecule has 0 aliphatic heterocycles. The molecule has 0 aliphatic carbocycles. The van der Waals surface area contributed by atoms with Crippen molar-refractivity contribution >= 4 is 51.5 Å². The fraction of sp³-hybridized carbons (Fsp3) is 0.381. The quantitative estimate of drug-likeness (QED) is 0.301. The van der Waals surface area contributed by atoms with Gasteiger partial charge in [0.25, 0.3) is 0 Å². The molecular weight excluding hydrogens is 381 g/mol. The number of aromatic nitrogens is 1. The van der Waals surface area contributed by atoms with Crippen molar-refractivity contribution in [2.75, 3.05) is 44.5 Å². The number of benzene rings is 2. The number of hydrogen-bond acceptors (Lipinski definition) is 4. The number of alkyl halides is 1. The van der Waals surface area contributed by atoms with Gasteiger partial charge in [-0.05, 0) is 43.8 Å². The monoisotopic (exact) mass is 407 g/mol. The molecule has 0 atom stereocenters. The van der Waals surface area contributed by atoms with Crippen LogP contribution in [0.1, 0.15) is 13.3 Å². The summed E-state index contributed by atoms with van der Waals surface area (Å²) in [5.74, 6) is 1.53. The predicted octanol–water partition coefficient (Wildman–Crippen LogP) is 5.18. The zero-order valence-corrected chi connectivity index (χ0v) is 17.4. The minimum atomic E-state index is 0.